The molecular weight excluding hydrogens is 288 g/mol. The second-order valence-corrected chi connectivity index (χ2v) is 5.33. The lowest BCUT2D eigenvalue weighted by Gasteiger charge is -2.19. The van der Waals surface area contributed by atoms with Gasteiger partial charge >= 0.3 is 11.7 Å². The Labute approximate surface area is 125 Å². The van der Waals surface area contributed by atoms with Crippen LogP contribution in [-0.4, -0.2) is 48.7 Å². The fourth-order valence-electron chi connectivity index (χ4n) is 2.41. The fraction of sp³-hybridized carbons (Fsp3) is 0.429. The van der Waals surface area contributed by atoms with Crippen LogP contribution in [0.1, 0.15) is 19.3 Å². The van der Waals surface area contributed by atoms with Gasteiger partial charge in [-0.2, -0.15) is 0 Å². The minimum absolute atomic E-state index is 0.0291. The van der Waals surface area contributed by atoms with Gasteiger partial charge in [0.05, 0.1) is 6.54 Å². The Morgan fingerprint density at radius 2 is 2.14 bits per heavy atom. The number of aromatic nitrogens is 3. The van der Waals surface area contributed by atoms with Crippen molar-refractivity contribution in [2.24, 2.45) is 0 Å². The van der Waals surface area contributed by atoms with Crippen molar-refractivity contribution in [2.45, 2.75) is 31.8 Å². The number of rotatable bonds is 6. The molecule has 1 fully saturated rings. The summed E-state index contributed by atoms with van der Waals surface area (Å²) in [6, 6.07) is 5.24. The van der Waals surface area contributed by atoms with Crippen LogP contribution in [-0.2, 0) is 16.1 Å². The van der Waals surface area contributed by atoms with Crippen molar-refractivity contribution in [3.63, 3.8) is 0 Å². The molecule has 1 amide bonds. The number of amides is 1. The molecule has 0 spiro atoms. The second kappa shape index (κ2) is 5.63. The molecule has 1 saturated carbocycles. The van der Waals surface area contributed by atoms with E-state index >= 15 is 0 Å². The molecule has 22 heavy (non-hydrogen) atoms. The number of pyridine rings is 1. The maximum atomic E-state index is 12.2. The predicted molar refractivity (Wildman–Crippen MR) is 76.4 cm³/mol. The molecule has 0 radical (unpaired) electrons. The normalized spacial score (nSPS) is 14.2. The van der Waals surface area contributed by atoms with Crippen LogP contribution >= 0.6 is 0 Å². The van der Waals surface area contributed by atoms with Gasteiger partial charge in [0, 0.05) is 18.7 Å². The Morgan fingerprint density at radius 3 is 2.77 bits per heavy atom. The van der Waals surface area contributed by atoms with Gasteiger partial charge in [0.25, 0.3) is 0 Å². The van der Waals surface area contributed by atoms with E-state index in [9.17, 15) is 14.4 Å². The summed E-state index contributed by atoms with van der Waals surface area (Å²) in [7, 11) is 0. The summed E-state index contributed by atoms with van der Waals surface area (Å²) >= 11 is 0. The zero-order valence-electron chi connectivity index (χ0n) is 11.9. The maximum Gasteiger partial charge on any atom is 0.350 e. The fourth-order valence-corrected chi connectivity index (χ4v) is 2.41. The number of carboxylic acids is 1. The number of carbonyl (C=O) groups is 2. The van der Waals surface area contributed by atoms with Gasteiger partial charge in [0.15, 0.2) is 5.65 Å². The minimum Gasteiger partial charge on any atom is -0.480 e. The van der Waals surface area contributed by atoms with E-state index in [4.69, 9.17) is 5.11 Å². The number of aliphatic carboxylic acids is 1. The SMILES string of the molecule is O=C(O)CN(C(=O)CCn1nc2ccccn2c1=O)C1CC1. The first kappa shape index (κ1) is 14.3. The van der Waals surface area contributed by atoms with Gasteiger partial charge in [-0.25, -0.2) is 9.48 Å². The molecule has 0 aliphatic heterocycles. The largest absolute Gasteiger partial charge is 0.480 e. The summed E-state index contributed by atoms with van der Waals surface area (Å²) in [4.78, 5) is 36.5. The molecule has 0 aromatic carbocycles. The molecule has 0 atom stereocenters. The second-order valence-electron chi connectivity index (χ2n) is 5.33. The molecule has 0 unspecified atom stereocenters. The van der Waals surface area contributed by atoms with E-state index in [0.29, 0.717) is 5.65 Å². The van der Waals surface area contributed by atoms with Gasteiger partial charge in [-0.1, -0.05) is 6.07 Å². The highest BCUT2D eigenvalue weighted by Gasteiger charge is 2.33. The lowest BCUT2D eigenvalue weighted by atomic mass is 10.3. The first-order valence-corrected chi connectivity index (χ1v) is 7.12. The van der Waals surface area contributed by atoms with Gasteiger partial charge in [0.1, 0.15) is 6.54 Å². The van der Waals surface area contributed by atoms with Crippen LogP contribution in [0.5, 0.6) is 0 Å². The number of carboxylic acid groups (broad SMARTS) is 1. The van der Waals surface area contributed by atoms with E-state index in [0.717, 1.165) is 12.8 Å². The third kappa shape index (κ3) is 2.85. The summed E-state index contributed by atoms with van der Waals surface area (Å²) in [5.74, 6) is -1.28. The molecular formula is C14H16N4O4. The summed E-state index contributed by atoms with van der Waals surface area (Å²) < 4.78 is 2.64. The zero-order chi connectivity index (χ0) is 15.7. The molecule has 2 heterocycles. The van der Waals surface area contributed by atoms with E-state index < -0.39 is 5.97 Å². The average Bonchev–Trinajstić information content (AvgIpc) is 3.28. The van der Waals surface area contributed by atoms with E-state index in [1.54, 1.807) is 24.4 Å². The van der Waals surface area contributed by atoms with Gasteiger partial charge in [0.2, 0.25) is 5.91 Å². The van der Waals surface area contributed by atoms with Gasteiger partial charge in [-0.05, 0) is 25.0 Å². The van der Waals surface area contributed by atoms with Crippen molar-refractivity contribution >= 4 is 17.5 Å². The Morgan fingerprint density at radius 1 is 1.36 bits per heavy atom. The van der Waals surface area contributed by atoms with Crippen LogP contribution < -0.4 is 5.69 Å². The summed E-state index contributed by atoms with van der Waals surface area (Å²) in [6.07, 6.45) is 3.36. The smallest absolute Gasteiger partial charge is 0.350 e. The summed E-state index contributed by atoms with van der Waals surface area (Å²) in [6.45, 7) is -0.147. The highest BCUT2D eigenvalue weighted by atomic mass is 16.4. The molecule has 1 aliphatic carbocycles. The van der Waals surface area contributed by atoms with Crippen molar-refractivity contribution in [1.29, 1.82) is 0 Å². The number of hydrogen-bond donors (Lipinski definition) is 1. The maximum absolute atomic E-state index is 12.2. The molecule has 8 nitrogen and oxygen atoms in total. The number of nitrogens with zero attached hydrogens (tertiary/aromatic N) is 4. The number of hydrogen-bond acceptors (Lipinski definition) is 4. The summed E-state index contributed by atoms with van der Waals surface area (Å²) in [5.41, 5.74) is 0.212. The number of carbonyl (C=O) groups excluding carboxylic acids is 1. The quantitative estimate of drug-likeness (QED) is 0.808. The Balaban J connectivity index is 1.70. The van der Waals surface area contributed by atoms with Crippen LogP contribution in [0.15, 0.2) is 29.2 Å². The average molecular weight is 304 g/mol. The summed E-state index contributed by atoms with van der Waals surface area (Å²) in [5, 5.41) is 13.0. The van der Waals surface area contributed by atoms with Gasteiger partial charge < -0.3 is 10.0 Å². The van der Waals surface area contributed by atoms with Gasteiger partial charge in [-0.15, -0.1) is 5.10 Å². The predicted octanol–water partition coefficient (Wildman–Crippen LogP) is -0.0383. The molecule has 2 aromatic heterocycles. The minimum atomic E-state index is -1.02. The first-order chi connectivity index (χ1) is 10.6. The van der Waals surface area contributed by atoms with E-state index in [2.05, 4.69) is 5.10 Å². The monoisotopic (exact) mass is 304 g/mol. The zero-order valence-corrected chi connectivity index (χ0v) is 11.9. The third-order valence-corrected chi connectivity index (χ3v) is 3.64. The molecule has 3 rings (SSSR count). The molecule has 8 heteroatoms. The van der Waals surface area contributed by atoms with E-state index in [-0.39, 0.29) is 37.1 Å². The van der Waals surface area contributed by atoms with Crippen molar-refractivity contribution < 1.29 is 14.7 Å². The molecule has 2 aromatic rings. The standard InChI is InChI=1S/C14H16N4O4/c19-12(17(9-13(20)21)10-4-5-10)6-8-18-14(22)16-7-2-1-3-11(16)15-18/h1-3,7,10H,4-6,8-9H2,(H,20,21). The number of fused-ring (bicyclic) bond motifs is 1. The molecule has 1 aliphatic rings. The third-order valence-electron chi connectivity index (χ3n) is 3.64. The van der Waals surface area contributed by atoms with Crippen LogP contribution in [0.3, 0.4) is 0 Å². The lowest BCUT2D eigenvalue weighted by molar-refractivity contribution is -0.145. The highest BCUT2D eigenvalue weighted by molar-refractivity contribution is 5.81. The van der Waals surface area contributed by atoms with Gasteiger partial charge in [-0.3, -0.25) is 14.0 Å². The Kier molecular flexibility index (Phi) is 3.66. The van der Waals surface area contributed by atoms with Crippen LogP contribution in [0.25, 0.3) is 5.65 Å². The molecule has 1 N–H and O–H groups in total. The Hall–Kier alpha value is -2.64. The first-order valence-electron chi connectivity index (χ1n) is 7.12. The molecule has 0 bridgehead atoms. The van der Waals surface area contributed by atoms with E-state index in [1.165, 1.54) is 14.0 Å². The number of aryl methyl sites for hydroxylation is 1. The van der Waals surface area contributed by atoms with Crippen LogP contribution in [0.4, 0.5) is 0 Å². The topological polar surface area (TPSA) is 96.9 Å². The van der Waals surface area contributed by atoms with Crippen molar-refractivity contribution in [1.82, 2.24) is 19.1 Å². The van der Waals surface area contributed by atoms with Crippen LogP contribution in [0.2, 0.25) is 0 Å². The van der Waals surface area contributed by atoms with Crippen molar-refractivity contribution in [3.05, 3.63) is 34.9 Å². The van der Waals surface area contributed by atoms with Crippen molar-refractivity contribution in [2.75, 3.05) is 6.54 Å². The highest BCUT2D eigenvalue weighted by Crippen LogP contribution is 2.27. The van der Waals surface area contributed by atoms with E-state index in [1.807, 2.05) is 0 Å². The lowest BCUT2D eigenvalue weighted by Crippen LogP contribution is -2.38. The molecule has 116 valence electrons. The van der Waals surface area contributed by atoms with Crippen molar-refractivity contribution in [3.8, 4) is 0 Å². The van der Waals surface area contributed by atoms with Crippen LogP contribution in [0, 0.1) is 0 Å². The molecule has 0 saturated heterocycles. The Bertz CT molecular complexity index is 774.